The van der Waals surface area contributed by atoms with E-state index in [1.54, 1.807) is 0 Å². The molecule has 0 saturated heterocycles. The van der Waals surface area contributed by atoms with Crippen LogP contribution in [0.4, 0.5) is 0 Å². The first-order valence-corrected chi connectivity index (χ1v) is 14.3. The Bertz CT molecular complexity index is 1850. The fraction of sp³-hybridized carbons (Fsp3) is 0.0909. The van der Waals surface area contributed by atoms with E-state index in [1.165, 1.54) is 18.2 Å². The van der Waals surface area contributed by atoms with Crippen LogP contribution in [0.2, 0.25) is 0 Å². The molecule has 3 amide bonds. The fourth-order valence-electron chi connectivity index (χ4n) is 5.09. The van der Waals surface area contributed by atoms with Gasteiger partial charge in [-0.1, -0.05) is 36.4 Å². The van der Waals surface area contributed by atoms with Crippen molar-refractivity contribution in [2.45, 2.75) is 19.6 Å². The van der Waals surface area contributed by atoms with Crippen LogP contribution in [-0.4, -0.2) is 47.6 Å². The van der Waals surface area contributed by atoms with Crippen LogP contribution >= 0.6 is 0 Å². The Labute approximate surface area is 255 Å². The summed E-state index contributed by atoms with van der Waals surface area (Å²) in [6, 6.07) is 27.0. The van der Waals surface area contributed by atoms with Gasteiger partial charge in [0.2, 0.25) is 0 Å². The minimum Gasteiger partial charge on any atom is -0.345 e. The number of imidazole rings is 3. The molecule has 0 atom stereocenters. The van der Waals surface area contributed by atoms with Crippen molar-refractivity contribution in [3.05, 3.63) is 125 Å². The lowest BCUT2D eigenvalue weighted by molar-refractivity contribution is 0.0949. The number of amides is 3. The summed E-state index contributed by atoms with van der Waals surface area (Å²) in [4.78, 5) is 62.9. The van der Waals surface area contributed by atoms with Gasteiger partial charge in [-0.3, -0.25) is 14.4 Å². The molecule has 222 valence electrons. The summed E-state index contributed by atoms with van der Waals surface area (Å²) in [6.45, 7) is 0.386. The molecule has 0 saturated carbocycles. The topological polar surface area (TPSA) is 173 Å². The van der Waals surface area contributed by atoms with Crippen LogP contribution in [0.5, 0.6) is 0 Å². The summed E-state index contributed by atoms with van der Waals surface area (Å²) in [5.74, 6) is 0.338. The SMILES string of the molecule is O=C(NCc1nc2ccccc2[nH]1)c1cc(C(=O)NCc2nc3ccccc3[nH]2)cc(C(=O)NCc2nc3ccccc3[nH]2)c1. The van der Waals surface area contributed by atoms with Crippen molar-refractivity contribution in [1.82, 2.24) is 45.9 Å². The molecule has 7 aromatic rings. The Morgan fingerprint density at radius 1 is 0.467 bits per heavy atom. The van der Waals surface area contributed by atoms with Crippen LogP contribution in [0.15, 0.2) is 91.0 Å². The third-order valence-electron chi connectivity index (χ3n) is 7.28. The minimum absolute atomic E-state index is 0.129. The van der Waals surface area contributed by atoms with Gasteiger partial charge in [-0.2, -0.15) is 0 Å². The van der Waals surface area contributed by atoms with Gasteiger partial charge in [0.05, 0.1) is 52.7 Å². The van der Waals surface area contributed by atoms with Crippen molar-refractivity contribution in [1.29, 1.82) is 0 Å². The van der Waals surface area contributed by atoms with Gasteiger partial charge in [0, 0.05) is 16.7 Å². The normalized spacial score (nSPS) is 11.2. The maximum Gasteiger partial charge on any atom is 0.251 e. The number of hydrogen-bond acceptors (Lipinski definition) is 6. The molecule has 3 aromatic heterocycles. The highest BCUT2D eigenvalue weighted by Crippen LogP contribution is 2.15. The number of carbonyl (C=O) groups excluding carboxylic acids is 3. The van der Waals surface area contributed by atoms with Crippen LogP contribution in [-0.2, 0) is 19.6 Å². The molecule has 6 N–H and O–H groups in total. The fourth-order valence-corrected chi connectivity index (χ4v) is 5.09. The predicted octanol–water partition coefficient (Wildman–Crippen LogP) is 4.11. The summed E-state index contributed by atoms with van der Waals surface area (Å²) in [5, 5.41) is 8.48. The molecule has 4 aromatic carbocycles. The summed E-state index contributed by atoms with van der Waals surface area (Å²) < 4.78 is 0. The van der Waals surface area contributed by atoms with Crippen LogP contribution in [0, 0.1) is 0 Å². The van der Waals surface area contributed by atoms with Crippen molar-refractivity contribution in [3.63, 3.8) is 0 Å². The Balaban J connectivity index is 1.10. The number of aromatic nitrogens is 6. The number of benzene rings is 4. The maximum absolute atomic E-state index is 13.3. The number of hydrogen-bond donors (Lipinski definition) is 6. The van der Waals surface area contributed by atoms with Crippen LogP contribution < -0.4 is 16.0 Å². The minimum atomic E-state index is -0.464. The van der Waals surface area contributed by atoms with E-state index in [1.807, 2.05) is 72.8 Å². The number of carbonyl (C=O) groups is 3. The lowest BCUT2D eigenvalue weighted by Crippen LogP contribution is -2.28. The number of H-pyrrole nitrogens is 3. The van der Waals surface area contributed by atoms with Crippen molar-refractivity contribution < 1.29 is 14.4 Å². The van der Waals surface area contributed by atoms with Gasteiger partial charge >= 0.3 is 0 Å². The molecule has 0 aliphatic heterocycles. The number of nitrogens with zero attached hydrogens (tertiary/aromatic N) is 3. The molecule has 45 heavy (non-hydrogen) atoms. The molecule has 12 nitrogen and oxygen atoms in total. The molecule has 0 fully saturated rings. The standard InChI is InChI=1S/C33H27N9O3/c43-31(34-16-28-37-22-7-1-2-8-23(22)38-28)19-13-20(32(44)35-17-29-39-24-9-3-4-10-25(24)40-29)15-21(14-19)33(45)36-18-30-41-26-11-5-6-12-27(26)42-30/h1-15H,16-18H2,(H,34,43)(H,35,44)(H,36,45)(H,37,38)(H,39,40)(H,41,42). The third-order valence-corrected chi connectivity index (χ3v) is 7.28. The van der Waals surface area contributed by atoms with E-state index in [9.17, 15) is 14.4 Å². The number of nitrogens with one attached hydrogen (secondary N) is 6. The molecule has 0 aliphatic rings. The van der Waals surface area contributed by atoms with Crippen LogP contribution in [0.3, 0.4) is 0 Å². The van der Waals surface area contributed by atoms with E-state index >= 15 is 0 Å². The molecular formula is C33H27N9O3. The van der Waals surface area contributed by atoms with Gasteiger partial charge in [0.15, 0.2) is 0 Å². The lowest BCUT2D eigenvalue weighted by Gasteiger charge is -2.11. The quantitative estimate of drug-likeness (QED) is 0.146. The molecule has 0 aliphatic carbocycles. The number of aromatic amines is 3. The summed E-state index contributed by atoms with van der Waals surface area (Å²) in [6.07, 6.45) is 0. The molecule has 0 bridgehead atoms. The second-order valence-corrected chi connectivity index (χ2v) is 10.4. The highest BCUT2D eigenvalue weighted by molar-refractivity contribution is 6.04. The average molecular weight is 598 g/mol. The van der Waals surface area contributed by atoms with Crippen molar-refractivity contribution in [3.8, 4) is 0 Å². The molecular weight excluding hydrogens is 570 g/mol. The van der Waals surface area contributed by atoms with E-state index < -0.39 is 17.7 Å². The maximum atomic E-state index is 13.3. The Morgan fingerprint density at radius 2 is 0.756 bits per heavy atom. The second-order valence-electron chi connectivity index (χ2n) is 10.4. The van der Waals surface area contributed by atoms with E-state index in [-0.39, 0.29) is 36.3 Å². The Morgan fingerprint density at radius 3 is 1.04 bits per heavy atom. The molecule has 0 spiro atoms. The number of para-hydroxylation sites is 6. The molecule has 0 unspecified atom stereocenters. The second kappa shape index (κ2) is 11.8. The highest BCUT2D eigenvalue weighted by atomic mass is 16.2. The predicted molar refractivity (Wildman–Crippen MR) is 168 cm³/mol. The molecule has 12 heteroatoms. The molecule has 7 rings (SSSR count). The lowest BCUT2D eigenvalue weighted by atomic mass is 10.0. The van der Waals surface area contributed by atoms with E-state index in [0.29, 0.717) is 17.5 Å². The van der Waals surface area contributed by atoms with E-state index in [2.05, 4.69) is 45.9 Å². The third kappa shape index (κ3) is 5.97. The van der Waals surface area contributed by atoms with Crippen LogP contribution in [0.1, 0.15) is 48.5 Å². The van der Waals surface area contributed by atoms with Gasteiger partial charge < -0.3 is 30.9 Å². The van der Waals surface area contributed by atoms with Crippen molar-refractivity contribution in [2.75, 3.05) is 0 Å². The zero-order chi connectivity index (χ0) is 30.8. The summed E-state index contributed by atoms with van der Waals surface area (Å²) in [5.41, 5.74) is 5.37. The number of rotatable bonds is 9. The van der Waals surface area contributed by atoms with E-state index in [4.69, 9.17) is 0 Å². The Hall–Kier alpha value is -6.30. The first-order chi connectivity index (χ1) is 22.0. The summed E-state index contributed by atoms with van der Waals surface area (Å²) >= 11 is 0. The zero-order valence-electron chi connectivity index (χ0n) is 23.8. The van der Waals surface area contributed by atoms with Crippen LogP contribution in [0.25, 0.3) is 33.1 Å². The average Bonchev–Trinajstić information content (AvgIpc) is 3.80. The van der Waals surface area contributed by atoms with Crippen molar-refractivity contribution in [2.24, 2.45) is 0 Å². The van der Waals surface area contributed by atoms with Crippen molar-refractivity contribution >= 4 is 50.8 Å². The first-order valence-electron chi connectivity index (χ1n) is 14.3. The highest BCUT2D eigenvalue weighted by Gasteiger charge is 2.18. The van der Waals surface area contributed by atoms with Gasteiger partial charge in [0.25, 0.3) is 17.7 Å². The van der Waals surface area contributed by atoms with Gasteiger partial charge in [0.1, 0.15) is 17.5 Å². The van der Waals surface area contributed by atoms with Gasteiger partial charge in [-0.05, 0) is 54.6 Å². The smallest absolute Gasteiger partial charge is 0.251 e. The van der Waals surface area contributed by atoms with Gasteiger partial charge in [-0.15, -0.1) is 0 Å². The first kappa shape index (κ1) is 27.5. The molecule has 0 radical (unpaired) electrons. The Kier molecular flexibility index (Phi) is 7.20. The monoisotopic (exact) mass is 597 g/mol. The summed E-state index contributed by atoms with van der Waals surface area (Å²) in [7, 11) is 0. The largest absolute Gasteiger partial charge is 0.345 e. The van der Waals surface area contributed by atoms with Gasteiger partial charge in [-0.25, -0.2) is 15.0 Å². The number of fused-ring (bicyclic) bond motifs is 3. The molecule has 3 heterocycles. The zero-order valence-corrected chi connectivity index (χ0v) is 23.8. The van der Waals surface area contributed by atoms with E-state index in [0.717, 1.165) is 33.1 Å².